The van der Waals surface area contributed by atoms with Crippen LogP contribution in [0.1, 0.15) is 18.4 Å². The summed E-state index contributed by atoms with van der Waals surface area (Å²) in [7, 11) is 0. The molecule has 0 aliphatic carbocycles. The Morgan fingerprint density at radius 1 is 1.30 bits per heavy atom. The smallest absolute Gasteiger partial charge is 0.314 e. The van der Waals surface area contributed by atoms with Gasteiger partial charge in [-0.15, -0.1) is 0 Å². The zero-order valence-corrected chi connectivity index (χ0v) is 11.5. The summed E-state index contributed by atoms with van der Waals surface area (Å²) in [4.78, 5) is 11.6. The van der Waals surface area contributed by atoms with E-state index < -0.39 is 0 Å². The molecular weight excluding hydrogens is 259 g/mol. The van der Waals surface area contributed by atoms with Gasteiger partial charge in [-0.1, -0.05) is 12.1 Å². The molecule has 2 amide bonds. The van der Waals surface area contributed by atoms with E-state index in [0.29, 0.717) is 25.4 Å². The van der Waals surface area contributed by atoms with Gasteiger partial charge in [-0.3, -0.25) is 0 Å². The summed E-state index contributed by atoms with van der Waals surface area (Å²) in [5, 5.41) is 5.66. The number of benzene rings is 1. The Kier molecular flexibility index (Phi) is 5.80. The zero-order chi connectivity index (χ0) is 14.2. The molecule has 0 atom stereocenters. The van der Waals surface area contributed by atoms with E-state index in [4.69, 9.17) is 4.74 Å². The minimum Gasteiger partial charge on any atom is -0.381 e. The van der Waals surface area contributed by atoms with Gasteiger partial charge in [0.25, 0.3) is 0 Å². The zero-order valence-electron chi connectivity index (χ0n) is 11.5. The summed E-state index contributed by atoms with van der Waals surface area (Å²) in [6.45, 7) is 2.76. The van der Waals surface area contributed by atoms with Gasteiger partial charge >= 0.3 is 6.03 Å². The predicted molar refractivity (Wildman–Crippen MR) is 75.0 cm³/mol. The molecule has 0 saturated carbocycles. The van der Waals surface area contributed by atoms with E-state index in [1.165, 1.54) is 12.1 Å². The Labute approximate surface area is 118 Å². The van der Waals surface area contributed by atoms with Crippen molar-refractivity contribution < 1.29 is 13.9 Å². The summed E-state index contributed by atoms with van der Waals surface area (Å²) < 4.78 is 18.2. The van der Waals surface area contributed by atoms with E-state index in [1.54, 1.807) is 6.07 Å². The highest BCUT2D eigenvalue weighted by Gasteiger charge is 2.14. The van der Waals surface area contributed by atoms with E-state index >= 15 is 0 Å². The normalized spacial score (nSPS) is 15.8. The second kappa shape index (κ2) is 7.85. The maximum absolute atomic E-state index is 13.0. The van der Waals surface area contributed by atoms with Gasteiger partial charge < -0.3 is 15.4 Å². The van der Waals surface area contributed by atoms with Gasteiger partial charge in [-0.2, -0.15) is 0 Å². The lowest BCUT2D eigenvalue weighted by molar-refractivity contribution is 0.0669. The number of carbonyl (C=O) groups excluding carboxylic acids is 1. The molecule has 0 bridgehead atoms. The third-order valence-corrected chi connectivity index (χ3v) is 3.48. The van der Waals surface area contributed by atoms with Crippen LogP contribution in [0.3, 0.4) is 0 Å². The third-order valence-electron chi connectivity index (χ3n) is 3.48. The van der Waals surface area contributed by atoms with Gasteiger partial charge in [0.05, 0.1) is 0 Å². The molecule has 0 aromatic heterocycles. The molecule has 4 nitrogen and oxygen atoms in total. The summed E-state index contributed by atoms with van der Waals surface area (Å²) in [5.74, 6) is 0.268. The first-order valence-corrected chi connectivity index (χ1v) is 7.08. The number of halogens is 1. The molecule has 5 heteroatoms. The fourth-order valence-electron chi connectivity index (χ4n) is 2.26. The van der Waals surface area contributed by atoms with Crippen LogP contribution in [0, 0.1) is 11.7 Å². The lowest BCUT2D eigenvalue weighted by Gasteiger charge is -2.22. The number of hydrogen-bond acceptors (Lipinski definition) is 2. The van der Waals surface area contributed by atoms with E-state index in [9.17, 15) is 9.18 Å². The summed E-state index contributed by atoms with van der Waals surface area (Å²) in [6, 6.07) is 6.27. The molecule has 1 aliphatic heterocycles. The largest absolute Gasteiger partial charge is 0.381 e. The van der Waals surface area contributed by atoms with Gasteiger partial charge in [0.1, 0.15) is 5.82 Å². The van der Waals surface area contributed by atoms with Gasteiger partial charge in [0, 0.05) is 26.3 Å². The van der Waals surface area contributed by atoms with Crippen LogP contribution in [0.5, 0.6) is 0 Å². The minimum atomic E-state index is -0.244. The maximum atomic E-state index is 13.0. The highest BCUT2D eigenvalue weighted by Crippen LogP contribution is 2.12. The maximum Gasteiger partial charge on any atom is 0.314 e. The van der Waals surface area contributed by atoms with E-state index in [-0.39, 0.29) is 11.8 Å². The lowest BCUT2D eigenvalue weighted by atomic mass is 10.0. The highest BCUT2D eigenvalue weighted by atomic mass is 19.1. The molecular formula is C15H21FN2O2. The first-order valence-electron chi connectivity index (χ1n) is 7.08. The first-order chi connectivity index (χ1) is 9.74. The first kappa shape index (κ1) is 14.8. The molecule has 20 heavy (non-hydrogen) atoms. The van der Waals surface area contributed by atoms with Crippen molar-refractivity contribution >= 4 is 6.03 Å². The quantitative estimate of drug-likeness (QED) is 0.867. The number of ether oxygens (including phenoxy) is 1. The highest BCUT2D eigenvalue weighted by molar-refractivity contribution is 5.73. The second-order valence-corrected chi connectivity index (χ2v) is 5.07. The van der Waals surface area contributed by atoms with Crippen molar-refractivity contribution in [3.8, 4) is 0 Å². The Morgan fingerprint density at radius 3 is 2.85 bits per heavy atom. The summed E-state index contributed by atoms with van der Waals surface area (Å²) in [6.07, 6.45) is 2.63. The van der Waals surface area contributed by atoms with Crippen LogP contribution in [0.4, 0.5) is 9.18 Å². The number of rotatable bonds is 5. The molecule has 0 unspecified atom stereocenters. The Morgan fingerprint density at radius 2 is 2.10 bits per heavy atom. The van der Waals surface area contributed by atoms with Crippen molar-refractivity contribution in [1.29, 1.82) is 0 Å². The average Bonchev–Trinajstić information content (AvgIpc) is 2.46. The molecule has 2 rings (SSSR count). The van der Waals surface area contributed by atoms with Crippen molar-refractivity contribution in [2.75, 3.05) is 26.3 Å². The van der Waals surface area contributed by atoms with Crippen molar-refractivity contribution in [2.45, 2.75) is 19.3 Å². The summed E-state index contributed by atoms with van der Waals surface area (Å²) in [5.41, 5.74) is 0.884. The van der Waals surface area contributed by atoms with E-state index in [1.807, 2.05) is 6.07 Å². The predicted octanol–water partition coefficient (Wildman–Crippen LogP) is 2.09. The van der Waals surface area contributed by atoms with Gasteiger partial charge in [0.2, 0.25) is 0 Å². The average molecular weight is 280 g/mol. The molecule has 0 spiro atoms. The van der Waals surface area contributed by atoms with Crippen LogP contribution in [-0.2, 0) is 11.2 Å². The Hall–Kier alpha value is -1.62. The molecule has 1 aliphatic rings. The van der Waals surface area contributed by atoms with Gasteiger partial charge in [0.15, 0.2) is 0 Å². The van der Waals surface area contributed by atoms with Crippen molar-refractivity contribution in [3.05, 3.63) is 35.6 Å². The fraction of sp³-hybridized carbons (Fsp3) is 0.533. The van der Waals surface area contributed by atoms with Crippen molar-refractivity contribution in [2.24, 2.45) is 5.92 Å². The molecule has 110 valence electrons. The lowest BCUT2D eigenvalue weighted by Crippen LogP contribution is -2.40. The van der Waals surface area contributed by atoms with E-state index in [0.717, 1.165) is 31.6 Å². The number of urea groups is 1. The molecule has 1 fully saturated rings. The number of nitrogens with one attached hydrogen (secondary N) is 2. The molecule has 1 saturated heterocycles. The summed E-state index contributed by atoms with van der Waals surface area (Å²) >= 11 is 0. The van der Waals surface area contributed by atoms with E-state index in [2.05, 4.69) is 10.6 Å². The molecule has 0 radical (unpaired) electrons. The van der Waals surface area contributed by atoms with Crippen molar-refractivity contribution in [3.63, 3.8) is 0 Å². The van der Waals surface area contributed by atoms with Crippen LogP contribution in [0.25, 0.3) is 0 Å². The van der Waals surface area contributed by atoms with Gasteiger partial charge in [-0.05, 0) is 42.9 Å². The molecule has 1 aromatic rings. The monoisotopic (exact) mass is 280 g/mol. The van der Waals surface area contributed by atoms with Crippen molar-refractivity contribution in [1.82, 2.24) is 10.6 Å². The second-order valence-electron chi connectivity index (χ2n) is 5.07. The van der Waals surface area contributed by atoms with Crippen LogP contribution in [0.15, 0.2) is 24.3 Å². The van der Waals surface area contributed by atoms with Crippen LogP contribution in [0.2, 0.25) is 0 Å². The number of amides is 2. The Bertz CT molecular complexity index is 434. The SMILES string of the molecule is O=C(NCCc1cccc(F)c1)NCC1CCOCC1. The third kappa shape index (κ3) is 5.17. The van der Waals surface area contributed by atoms with Crippen LogP contribution >= 0.6 is 0 Å². The standard InChI is InChI=1S/C15H21FN2O2/c16-14-3-1-2-12(10-14)4-7-17-15(19)18-11-13-5-8-20-9-6-13/h1-3,10,13H,4-9,11H2,(H2,17,18,19). The van der Waals surface area contributed by atoms with Gasteiger partial charge in [-0.25, -0.2) is 9.18 Å². The topological polar surface area (TPSA) is 50.4 Å². The molecule has 1 aromatic carbocycles. The minimum absolute atomic E-state index is 0.159. The fourth-order valence-corrected chi connectivity index (χ4v) is 2.26. The molecule has 2 N–H and O–H groups in total. The number of hydrogen-bond donors (Lipinski definition) is 2. The Balaban J connectivity index is 1.60. The van der Waals surface area contributed by atoms with Crippen LogP contribution in [-0.4, -0.2) is 32.3 Å². The number of carbonyl (C=O) groups is 1. The molecule has 1 heterocycles. The van der Waals surface area contributed by atoms with Crippen LogP contribution < -0.4 is 10.6 Å².